The summed E-state index contributed by atoms with van der Waals surface area (Å²) < 4.78 is 35.3. The third-order valence-electron chi connectivity index (χ3n) is 14.4. The summed E-state index contributed by atoms with van der Waals surface area (Å²) in [6.07, 6.45) is 11.5. The first-order valence-electron chi connectivity index (χ1n) is 23.0. The van der Waals surface area contributed by atoms with Crippen LogP contribution in [0.25, 0.3) is 0 Å². The fraction of sp³-hybridized carbons (Fsp3) is 0.580. The molecule has 0 unspecified atom stereocenters. The van der Waals surface area contributed by atoms with E-state index in [-0.39, 0.29) is 10.9 Å². The maximum absolute atomic E-state index is 13.5. The van der Waals surface area contributed by atoms with E-state index >= 15 is 0 Å². The molecule has 9 rings (SSSR count). The number of hydrogen-bond acceptors (Lipinski definition) is 9. The summed E-state index contributed by atoms with van der Waals surface area (Å²) in [6.45, 7) is 20.2. The van der Waals surface area contributed by atoms with Gasteiger partial charge in [-0.25, -0.2) is 13.1 Å². The molecule has 2 N–H and O–H groups in total. The number of amides is 1. The topological polar surface area (TPSA) is 94.2 Å². The van der Waals surface area contributed by atoms with Crippen LogP contribution in [0.2, 0.25) is 0 Å². The largest absolute Gasteiger partial charge is 0.381 e. The summed E-state index contributed by atoms with van der Waals surface area (Å²) in [5, 5.41) is 3.74. The highest BCUT2D eigenvalue weighted by Gasteiger charge is 2.66. The highest BCUT2D eigenvalue weighted by Crippen LogP contribution is 2.77. The molecular formula is C50H69N5O4S2. The molecule has 0 aromatic heterocycles. The smallest absolute Gasteiger partial charge is 0.264 e. The number of anilines is 2. The number of benzene rings is 3. The zero-order valence-electron chi connectivity index (χ0n) is 37.3. The van der Waals surface area contributed by atoms with Gasteiger partial charge in [0.05, 0.1) is 11.0 Å². The Kier molecular flexibility index (Phi) is 13.4. The van der Waals surface area contributed by atoms with E-state index in [1.165, 1.54) is 43.4 Å². The van der Waals surface area contributed by atoms with Crippen LogP contribution in [0.15, 0.2) is 93.7 Å². The minimum absolute atomic E-state index is 0.0732. The van der Waals surface area contributed by atoms with Gasteiger partial charge in [0, 0.05) is 92.6 Å². The van der Waals surface area contributed by atoms with Gasteiger partial charge < -0.3 is 19.9 Å². The van der Waals surface area contributed by atoms with Gasteiger partial charge in [0.25, 0.3) is 15.9 Å². The zero-order valence-corrected chi connectivity index (χ0v) is 38.9. The lowest BCUT2D eigenvalue weighted by molar-refractivity contribution is -0.167. The first-order valence-corrected chi connectivity index (χ1v) is 25.4. The van der Waals surface area contributed by atoms with Crippen LogP contribution < -0.4 is 14.9 Å². The van der Waals surface area contributed by atoms with Crippen molar-refractivity contribution in [2.24, 2.45) is 16.2 Å². The number of ether oxygens (including phenoxy) is 1. The first-order chi connectivity index (χ1) is 29.2. The third-order valence-corrected chi connectivity index (χ3v) is 16.9. The van der Waals surface area contributed by atoms with Crippen LogP contribution >= 0.6 is 11.8 Å². The van der Waals surface area contributed by atoms with Gasteiger partial charge in [-0.15, -0.1) is 11.8 Å². The number of nitrogens with one attached hydrogen (secondary N) is 2. The van der Waals surface area contributed by atoms with Crippen LogP contribution in [0.5, 0.6) is 0 Å². The number of rotatable bonds is 17. The molecule has 2 heterocycles. The monoisotopic (exact) mass is 867 g/mol. The van der Waals surface area contributed by atoms with Crippen LogP contribution in [0.4, 0.5) is 11.4 Å². The molecule has 3 saturated carbocycles. The van der Waals surface area contributed by atoms with Gasteiger partial charge in [-0.3, -0.25) is 9.69 Å². The summed E-state index contributed by atoms with van der Waals surface area (Å²) in [7, 11) is -4.09. The van der Waals surface area contributed by atoms with Gasteiger partial charge in [-0.1, -0.05) is 50.1 Å². The Labute approximate surface area is 370 Å². The van der Waals surface area contributed by atoms with Crippen LogP contribution in [0, 0.1) is 23.2 Å². The number of nitrogens with zero attached hydrogens (tertiary/aromatic N) is 3. The van der Waals surface area contributed by atoms with Crippen molar-refractivity contribution in [3.63, 3.8) is 0 Å². The Morgan fingerprint density at radius 3 is 2.26 bits per heavy atom. The van der Waals surface area contributed by atoms with Gasteiger partial charge in [-0.05, 0) is 148 Å². The highest BCUT2D eigenvalue weighted by atomic mass is 32.2. The van der Waals surface area contributed by atoms with Crippen molar-refractivity contribution in [2.75, 3.05) is 74.9 Å². The molecule has 330 valence electrons. The van der Waals surface area contributed by atoms with Gasteiger partial charge in [0.2, 0.25) is 0 Å². The fourth-order valence-corrected chi connectivity index (χ4v) is 13.2. The van der Waals surface area contributed by atoms with Gasteiger partial charge in [-0.2, -0.15) is 0 Å². The molecule has 4 aliphatic carbocycles. The second-order valence-electron chi connectivity index (χ2n) is 20.0. The molecule has 6 aliphatic rings. The minimum atomic E-state index is -4.09. The molecular weight excluding hydrogens is 799 g/mol. The lowest BCUT2D eigenvalue weighted by atomic mass is 9.33. The summed E-state index contributed by atoms with van der Waals surface area (Å²) in [5.41, 5.74) is 8.21. The van der Waals surface area contributed by atoms with Gasteiger partial charge in [0.1, 0.15) is 0 Å². The molecule has 5 fully saturated rings. The van der Waals surface area contributed by atoms with Crippen molar-refractivity contribution in [3.8, 4) is 0 Å². The summed E-state index contributed by atoms with van der Waals surface area (Å²) in [5.74, 6) is 0.249. The van der Waals surface area contributed by atoms with Crippen molar-refractivity contribution in [1.82, 2.24) is 14.5 Å². The molecule has 1 amide bonds. The quantitative estimate of drug-likeness (QED) is 0.102. The minimum Gasteiger partial charge on any atom is -0.381 e. The van der Waals surface area contributed by atoms with Crippen molar-refractivity contribution >= 4 is 39.1 Å². The number of sulfonamides is 1. The lowest BCUT2D eigenvalue weighted by Crippen LogP contribution is -2.61. The number of allylic oxidation sites excluding steroid dienone is 1. The fourth-order valence-electron chi connectivity index (χ4n) is 11.2. The lowest BCUT2D eigenvalue weighted by Gasteiger charge is -2.72. The normalized spacial score (nSPS) is 25.1. The van der Waals surface area contributed by atoms with Crippen molar-refractivity contribution in [3.05, 3.63) is 95.1 Å². The molecule has 11 heteroatoms. The predicted molar refractivity (Wildman–Crippen MR) is 250 cm³/mol. The number of piperazine rings is 1. The van der Waals surface area contributed by atoms with Crippen molar-refractivity contribution in [1.29, 1.82) is 0 Å². The number of carbonyl (C=O) groups is 1. The Morgan fingerprint density at radius 1 is 0.902 bits per heavy atom. The molecule has 1 atom stereocenters. The third kappa shape index (κ3) is 10.5. The van der Waals surface area contributed by atoms with Gasteiger partial charge in [0.15, 0.2) is 0 Å². The van der Waals surface area contributed by atoms with Crippen LogP contribution in [0.1, 0.15) is 101 Å². The second-order valence-corrected chi connectivity index (χ2v) is 22.8. The summed E-state index contributed by atoms with van der Waals surface area (Å²) in [4.78, 5) is 22.2. The van der Waals surface area contributed by atoms with E-state index in [0.717, 1.165) is 101 Å². The van der Waals surface area contributed by atoms with E-state index in [1.54, 1.807) is 29.8 Å². The van der Waals surface area contributed by atoms with Crippen LogP contribution in [0.3, 0.4) is 0 Å². The van der Waals surface area contributed by atoms with E-state index in [1.807, 2.05) is 48.5 Å². The molecule has 61 heavy (non-hydrogen) atoms. The van der Waals surface area contributed by atoms with E-state index < -0.39 is 15.9 Å². The average molecular weight is 868 g/mol. The molecule has 3 aromatic rings. The number of carbonyl (C=O) groups excluding carboxylic acids is 1. The zero-order chi connectivity index (χ0) is 42.8. The van der Waals surface area contributed by atoms with Crippen LogP contribution in [-0.2, 0) is 14.8 Å². The molecule has 3 aromatic carbocycles. The number of aryl methyl sites for hydroxylation is 1. The number of likely N-dealkylation sites (tertiary alicyclic amines) is 1. The SMILES string of the molecule is CCOC1CCN(CC[C@H](CSc2ccccc2)Nc2ccc(S(=O)(=O)NC(=O)c3ccc(N4CCN(CC5=C(C67CC(C)(C6)C7)CC(C)(C)CC5)CC4)cc3)cc2C)CC1. The van der Waals surface area contributed by atoms with Crippen LogP contribution in [-0.4, -0.2) is 101 Å². The molecule has 9 nitrogen and oxygen atoms in total. The summed E-state index contributed by atoms with van der Waals surface area (Å²) >= 11 is 1.83. The standard InChI is InChI=1S/C50H69N5O4S2/c1-6-59-42-20-24-53(25-21-42)23-19-40(33-60-43-10-8-7-9-11-43)51-46-17-16-44(30-37(46)2)61(57,58)52-47(56)38-12-14-41(15-13-38)55-28-26-54(27-29-55)32-39-18-22-48(3,4)31-45(39)50-34-49(5,35-50)36-50/h7-17,30,40,42,51H,6,18-29,31-36H2,1-5H3,(H,52,56)/t40-,49?,50?/m1/s1. The maximum atomic E-state index is 13.5. The van der Waals surface area contributed by atoms with Crippen molar-refractivity contribution < 1.29 is 17.9 Å². The molecule has 0 radical (unpaired) electrons. The van der Waals surface area contributed by atoms with E-state index in [9.17, 15) is 13.2 Å². The molecule has 2 aliphatic heterocycles. The predicted octanol–water partition coefficient (Wildman–Crippen LogP) is 9.40. The Bertz CT molecular complexity index is 2120. The first kappa shape index (κ1) is 44.3. The highest BCUT2D eigenvalue weighted by molar-refractivity contribution is 7.99. The molecule has 2 saturated heterocycles. The molecule has 2 bridgehead atoms. The number of thioether (sulfide) groups is 1. The van der Waals surface area contributed by atoms with E-state index in [4.69, 9.17) is 4.74 Å². The van der Waals surface area contributed by atoms with Crippen molar-refractivity contribution in [2.45, 2.75) is 114 Å². The van der Waals surface area contributed by atoms with Gasteiger partial charge >= 0.3 is 0 Å². The van der Waals surface area contributed by atoms with E-state index in [0.29, 0.717) is 27.9 Å². The number of piperidine rings is 1. The number of hydrogen-bond donors (Lipinski definition) is 2. The average Bonchev–Trinajstić information content (AvgIpc) is 3.22. The molecule has 0 spiro atoms. The van der Waals surface area contributed by atoms with E-state index in [2.05, 4.69) is 76.7 Å². The Hall–Kier alpha value is -3.35. The second kappa shape index (κ2) is 18.4. The summed E-state index contributed by atoms with van der Waals surface area (Å²) in [6, 6.07) is 23.1. The Balaban J connectivity index is 0.839. The Morgan fingerprint density at radius 2 is 1.61 bits per heavy atom. The maximum Gasteiger partial charge on any atom is 0.264 e.